The van der Waals surface area contributed by atoms with Gasteiger partial charge in [0.1, 0.15) is 19.0 Å². The molecule has 1 amide bonds. The van der Waals surface area contributed by atoms with Crippen molar-refractivity contribution in [3.05, 3.63) is 82.7 Å². The maximum atomic E-state index is 13.4. The summed E-state index contributed by atoms with van der Waals surface area (Å²) in [6.07, 6.45) is 3.20. The molecule has 1 atom stereocenters. The van der Waals surface area contributed by atoms with Crippen molar-refractivity contribution in [3.8, 4) is 11.5 Å². The van der Waals surface area contributed by atoms with Crippen molar-refractivity contribution < 1.29 is 24.2 Å². The number of pyridine rings is 1. The molecule has 180 valence electrons. The van der Waals surface area contributed by atoms with Crippen molar-refractivity contribution in [2.75, 3.05) is 18.1 Å². The average molecular weight is 500 g/mol. The lowest BCUT2D eigenvalue weighted by atomic mass is 9.96. The fraction of sp³-hybridized carbons (Fsp3) is 0.185. The standard InChI is InChI=1S/C27H21N3O5S/c1-14-10-15(2)22-20(11-14)36-27(29-22)30-23(17-4-3-7-28-13-17)21(25(32)26(30)33)24(31)16-5-6-18-19(12-16)35-9-8-34-18/h3-7,10-13,23,31H,8-9H2,1-2H3/b24-21+/t23-/m1/s1. The molecule has 1 N–H and O–H groups in total. The first kappa shape index (κ1) is 22.2. The molecule has 4 aromatic rings. The maximum Gasteiger partial charge on any atom is 0.301 e. The molecule has 0 bridgehead atoms. The highest BCUT2D eigenvalue weighted by Gasteiger charge is 2.48. The van der Waals surface area contributed by atoms with E-state index < -0.39 is 17.7 Å². The lowest BCUT2D eigenvalue weighted by molar-refractivity contribution is -0.132. The fourth-order valence-corrected chi connectivity index (χ4v) is 5.86. The van der Waals surface area contributed by atoms with E-state index in [-0.39, 0.29) is 11.3 Å². The molecule has 36 heavy (non-hydrogen) atoms. The summed E-state index contributed by atoms with van der Waals surface area (Å²) in [6, 6.07) is 11.6. The number of fused-ring (bicyclic) bond motifs is 2. The Morgan fingerprint density at radius 3 is 2.67 bits per heavy atom. The van der Waals surface area contributed by atoms with Crippen molar-refractivity contribution in [1.29, 1.82) is 0 Å². The Morgan fingerprint density at radius 2 is 1.89 bits per heavy atom. The van der Waals surface area contributed by atoms with Gasteiger partial charge in [-0.05, 0) is 60.9 Å². The second-order valence-electron chi connectivity index (χ2n) is 8.74. The van der Waals surface area contributed by atoms with E-state index in [2.05, 4.69) is 4.98 Å². The Morgan fingerprint density at radius 1 is 1.08 bits per heavy atom. The number of ether oxygens (including phenoxy) is 2. The Hall–Kier alpha value is -4.24. The van der Waals surface area contributed by atoms with Gasteiger partial charge in [-0.1, -0.05) is 23.5 Å². The molecule has 0 spiro atoms. The van der Waals surface area contributed by atoms with Gasteiger partial charge < -0.3 is 14.6 Å². The van der Waals surface area contributed by atoms with Crippen LogP contribution in [0.2, 0.25) is 0 Å². The van der Waals surface area contributed by atoms with Gasteiger partial charge in [0, 0.05) is 18.0 Å². The number of amides is 1. The summed E-state index contributed by atoms with van der Waals surface area (Å²) >= 11 is 1.34. The molecule has 1 fully saturated rings. The van der Waals surface area contributed by atoms with Crippen molar-refractivity contribution in [2.45, 2.75) is 19.9 Å². The van der Waals surface area contributed by atoms with Crippen LogP contribution in [0.15, 0.2) is 60.4 Å². The molecule has 4 heterocycles. The highest BCUT2D eigenvalue weighted by atomic mass is 32.1. The van der Waals surface area contributed by atoms with Crippen LogP contribution in [0.4, 0.5) is 5.13 Å². The second kappa shape index (κ2) is 8.46. The lowest BCUT2D eigenvalue weighted by Crippen LogP contribution is -2.29. The number of hydrogen-bond donors (Lipinski definition) is 1. The third-order valence-corrected chi connectivity index (χ3v) is 7.29. The average Bonchev–Trinajstić information content (AvgIpc) is 3.42. The predicted octanol–water partition coefficient (Wildman–Crippen LogP) is 4.71. The van der Waals surface area contributed by atoms with Crippen LogP contribution in [0.25, 0.3) is 16.0 Å². The van der Waals surface area contributed by atoms with Crippen molar-refractivity contribution in [3.63, 3.8) is 0 Å². The van der Waals surface area contributed by atoms with Gasteiger partial charge in [0.05, 0.1) is 21.8 Å². The maximum absolute atomic E-state index is 13.4. The molecule has 2 aromatic carbocycles. The largest absolute Gasteiger partial charge is 0.507 e. The van der Waals surface area contributed by atoms with E-state index in [1.54, 1.807) is 42.7 Å². The van der Waals surface area contributed by atoms with Crippen LogP contribution in [-0.4, -0.2) is 40.0 Å². The number of ketones is 1. The number of carbonyl (C=O) groups excluding carboxylic acids is 2. The zero-order valence-corrected chi connectivity index (χ0v) is 20.3. The van der Waals surface area contributed by atoms with Crippen molar-refractivity contribution in [1.82, 2.24) is 9.97 Å². The minimum atomic E-state index is -0.895. The fourth-order valence-electron chi connectivity index (χ4n) is 4.69. The Labute approximate surface area is 210 Å². The number of nitrogens with zero attached hydrogens (tertiary/aromatic N) is 3. The third-order valence-electron chi connectivity index (χ3n) is 6.28. The number of Topliss-reactive ketones (excluding diaryl/α,β-unsaturated/α-hetero) is 1. The number of hydrogen-bond acceptors (Lipinski definition) is 8. The summed E-state index contributed by atoms with van der Waals surface area (Å²) in [5.74, 6) is -0.814. The van der Waals surface area contributed by atoms with E-state index in [9.17, 15) is 14.7 Å². The first-order valence-electron chi connectivity index (χ1n) is 11.4. The summed E-state index contributed by atoms with van der Waals surface area (Å²) in [6.45, 7) is 4.79. The summed E-state index contributed by atoms with van der Waals surface area (Å²) in [5, 5.41) is 11.8. The van der Waals surface area contributed by atoms with Gasteiger partial charge in [0.25, 0.3) is 5.78 Å². The highest BCUT2D eigenvalue weighted by molar-refractivity contribution is 7.22. The van der Waals surface area contributed by atoms with Gasteiger partial charge in [0.2, 0.25) is 0 Å². The number of benzene rings is 2. The van der Waals surface area contributed by atoms with E-state index in [1.165, 1.54) is 16.2 Å². The molecule has 0 unspecified atom stereocenters. The monoisotopic (exact) mass is 499 g/mol. The predicted molar refractivity (Wildman–Crippen MR) is 136 cm³/mol. The van der Waals surface area contributed by atoms with E-state index in [0.717, 1.165) is 21.3 Å². The summed E-state index contributed by atoms with van der Waals surface area (Å²) in [4.78, 5) is 37.1. The van der Waals surface area contributed by atoms with E-state index in [0.29, 0.717) is 41.0 Å². The van der Waals surface area contributed by atoms with E-state index >= 15 is 0 Å². The second-order valence-corrected chi connectivity index (χ2v) is 9.75. The Bertz CT molecular complexity index is 1580. The normalized spacial score (nSPS) is 18.7. The number of aromatic nitrogens is 2. The van der Waals surface area contributed by atoms with Crippen LogP contribution in [0.1, 0.15) is 28.3 Å². The van der Waals surface area contributed by atoms with Gasteiger partial charge in [0.15, 0.2) is 16.6 Å². The molecule has 6 rings (SSSR count). The zero-order valence-electron chi connectivity index (χ0n) is 19.5. The van der Waals surface area contributed by atoms with Crippen LogP contribution >= 0.6 is 11.3 Å². The molecule has 0 radical (unpaired) electrons. The summed E-state index contributed by atoms with van der Waals surface area (Å²) < 4.78 is 12.1. The topological polar surface area (TPSA) is 102 Å². The SMILES string of the molecule is Cc1cc(C)c2nc(N3C(=O)C(=O)/C(=C(/O)c4ccc5c(c4)OCCO5)[C@H]3c3cccnc3)sc2c1. The minimum absolute atomic E-state index is 0.0307. The smallest absolute Gasteiger partial charge is 0.301 e. The Balaban J connectivity index is 1.54. The Kier molecular flexibility index (Phi) is 5.22. The molecular weight excluding hydrogens is 478 g/mol. The van der Waals surface area contributed by atoms with Gasteiger partial charge >= 0.3 is 5.91 Å². The number of anilines is 1. The number of thiazole rings is 1. The first-order chi connectivity index (χ1) is 17.4. The lowest BCUT2D eigenvalue weighted by Gasteiger charge is -2.23. The molecular formula is C27H21N3O5S. The van der Waals surface area contributed by atoms with Crippen LogP contribution in [-0.2, 0) is 9.59 Å². The van der Waals surface area contributed by atoms with E-state index in [1.807, 2.05) is 26.0 Å². The van der Waals surface area contributed by atoms with Crippen molar-refractivity contribution in [2.24, 2.45) is 0 Å². The zero-order chi connectivity index (χ0) is 25.0. The molecule has 2 aliphatic rings. The quantitative estimate of drug-likeness (QED) is 0.248. The van der Waals surface area contributed by atoms with Gasteiger partial charge in [-0.2, -0.15) is 0 Å². The van der Waals surface area contributed by atoms with E-state index in [4.69, 9.17) is 14.5 Å². The van der Waals surface area contributed by atoms with Gasteiger partial charge in [-0.25, -0.2) is 4.98 Å². The third kappa shape index (κ3) is 3.51. The van der Waals surface area contributed by atoms with Crippen LogP contribution in [0.5, 0.6) is 11.5 Å². The first-order valence-corrected chi connectivity index (χ1v) is 12.2. The van der Waals surface area contributed by atoms with Gasteiger partial charge in [-0.15, -0.1) is 0 Å². The molecule has 8 nitrogen and oxygen atoms in total. The molecule has 9 heteroatoms. The summed E-state index contributed by atoms with van der Waals surface area (Å²) in [7, 11) is 0. The molecule has 1 saturated heterocycles. The summed E-state index contributed by atoms with van der Waals surface area (Å²) in [5.41, 5.74) is 3.75. The van der Waals surface area contributed by atoms with Crippen LogP contribution in [0.3, 0.4) is 0 Å². The minimum Gasteiger partial charge on any atom is -0.507 e. The van der Waals surface area contributed by atoms with Crippen LogP contribution < -0.4 is 14.4 Å². The number of aliphatic hydroxyl groups is 1. The molecule has 2 aliphatic heterocycles. The van der Waals surface area contributed by atoms with Gasteiger partial charge in [-0.3, -0.25) is 19.5 Å². The molecule has 0 aliphatic carbocycles. The number of rotatable bonds is 3. The number of aryl methyl sites for hydroxylation is 2. The van der Waals surface area contributed by atoms with Crippen molar-refractivity contribution >= 4 is 44.1 Å². The molecule has 2 aromatic heterocycles. The molecule has 0 saturated carbocycles. The number of aliphatic hydroxyl groups excluding tert-OH is 1. The highest BCUT2D eigenvalue weighted by Crippen LogP contribution is 2.45. The number of carbonyl (C=O) groups is 2. The van der Waals surface area contributed by atoms with Crippen LogP contribution in [0, 0.1) is 13.8 Å².